The van der Waals surface area contributed by atoms with E-state index in [4.69, 9.17) is 4.74 Å². The third kappa shape index (κ3) is 5.31. The van der Waals surface area contributed by atoms with Gasteiger partial charge in [-0.15, -0.1) is 0 Å². The van der Waals surface area contributed by atoms with Crippen LogP contribution in [0, 0.1) is 5.92 Å². The maximum absolute atomic E-state index is 12.5. The van der Waals surface area contributed by atoms with Crippen molar-refractivity contribution in [1.82, 2.24) is 19.9 Å². The van der Waals surface area contributed by atoms with Gasteiger partial charge in [-0.2, -0.15) is 0 Å². The Morgan fingerprint density at radius 3 is 2.65 bits per heavy atom. The largest absolute Gasteiger partial charge is 0.495 e. The van der Waals surface area contributed by atoms with Gasteiger partial charge in [0.05, 0.1) is 30.0 Å². The zero-order valence-corrected chi connectivity index (χ0v) is 18.5. The highest BCUT2D eigenvalue weighted by Gasteiger charge is 2.21. The lowest BCUT2D eigenvalue weighted by molar-refractivity contribution is 0.270. The van der Waals surface area contributed by atoms with Crippen molar-refractivity contribution < 1.29 is 4.74 Å². The van der Waals surface area contributed by atoms with E-state index in [1.54, 1.807) is 25.4 Å². The second-order valence-electron chi connectivity index (χ2n) is 8.50. The van der Waals surface area contributed by atoms with Crippen molar-refractivity contribution in [3.8, 4) is 5.75 Å². The molecule has 0 atom stereocenters. The molecule has 1 aliphatic carbocycles. The van der Waals surface area contributed by atoms with Crippen LogP contribution in [0.1, 0.15) is 50.3 Å². The zero-order chi connectivity index (χ0) is 21.6. The highest BCUT2D eigenvalue weighted by Crippen LogP contribution is 2.28. The monoisotopic (exact) mass is 420 g/mol. The predicted octanol–water partition coefficient (Wildman–Crippen LogP) is 4.10. The summed E-state index contributed by atoms with van der Waals surface area (Å²) in [4.78, 5) is 21.5. The lowest BCUT2D eigenvalue weighted by Gasteiger charge is -2.29. The van der Waals surface area contributed by atoms with Crippen LogP contribution in [-0.4, -0.2) is 27.7 Å². The number of ether oxygens (including phenoxy) is 1. The molecule has 0 saturated heterocycles. The molecule has 1 aliphatic rings. The molecule has 6 nitrogen and oxygen atoms in total. The zero-order valence-electron chi connectivity index (χ0n) is 18.5. The number of aryl methyl sites for hydroxylation is 2. The summed E-state index contributed by atoms with van der Waals surface area (Å²) in [5.41, 5.74) is 4.10. The minimum Gasteiger partial charge on any atom is -0.495 e. The minimum atomic E-state index is 0.0273. The first kappa shape index (κ1) is 21.5. The van der Waals surface area contributed by atoms with Gasteiger partial charge in [0.15, 0.2) is 0 Å². The average molecular weight is 421 g/mol. The fraction of sp³-hybridized carbons (Fsp3) is 0.480. The van der Waals surface area contributed by atoms with E-state index < -0.39 is 0 Å². The third-order valence-corrected chi connectivity index (χ3v) is 6.52. The molecular formula is C25H32N4O2. The van der Waals surface area contributed by atoms with Gasteiger partial charge in [-0.1, -0.05) is 13.0 Å². The number of nitrogens with one attached hydrogen (secondary N) is 1. The van der Waals surface area contributed by atoms with Gasteiger partial charge in [0, 0.05) is 37.5 Å². The molecule has 0 spiro atoms. The van der Waals surface area contributed by atoms with Gasteiger partial charge in [-0.3, -0.25) is 14.8 Å². The van der Waals surface area contributed by atoms with E-state index in [2.05, 4.69) is 34.3 Å². The maximum atomic E-state index is 12.5. The normalized spacial score (nSPS) is 18.9. The Bertz CT molecular complexity index is 1050. The predicted molar refractivity (Wildman–Crippen MR) is 123 cm³/mol. The number of hydrogen-bond acceptors (Lipinski definition) is 5. The van der Waals surface area contributed by atoms with Crippen LogP contribution in [0.4, 0.5) is 0 Å². The van der Waals surface area contributed by atoms with Crippen LogP contribution in [0.2, 0.25) is 0 Å². The first-order valence-electron chi connectivity index (χ1n) is 11.4. The standard InChI is InChI=1S/C25H32N4O2/c1-3-18-4-9-21(26-15-18)16-27-20-7-5-19(6-8-20)12-13-29-24-14-22(31-2)17-28-23(24)10-11-25(29)30/h4,9-11,14-15,17,19-20,27H,3,5-8,12-13,16H2,1-2H3. The van der Waals surface area contributed by atoms with Crippen molar-refractivity contribution in [3.05, 3.63) is 64.3 Å². The van der Waals surface area contributed by atoms with Gasteiger partial charge in [0.25, 0.3) is 5.56 Å². The summed E-state index contributed by atoms with van der Waals surface area (Å²) >= 11 is 0. The summed E-state index contributed by atoms with van der Waals surface area (Å²) in [6.45, 7) is 3.71. The van der Waals surface area contributed by atoms with Crippen molar-refractivity contribution in [2.45, 2.75) is 64.6 Å². The summed E-state index contributed by atoms with van der Waals surface area (Å²) in [5.74, 6) is 1.33. The van der Waals surface area contributed by atoms with E-state index in [0.29, 0.717) is 17.7 Å². The van der Waals surface area contributed by atoms with Crippen LogP contribution in [0.5, 0.6) is 5.75 Å². The number of fused-ring (bicyclic) bond motifs is 1. The van der Waals surface area contributed by atoms with Crippen LogP contribution in [0.15, 0.2) is 47.5 Å². The molecule has 0 bridgehead atoms. The van der Waals surface area contributed by atoms with E-state index in [-0.39, 0.29) is 5.56 Å². The molecule has 3 aromatic heterocycles. The number of pyridine rings is 3. The van der Waals surface area contributed by atoms with Gasteiger partial charge < -0.3 is 14.6 Å². The molecule has 0 aromatic carbocycles. The summed E-state index contributed by atoms with van der Waals surface area (Å²) in [7, 11) is 1.62. The van der Waals surface area contributed by atoms with Crippen molar-refractivity contribution >= 4 is 11.0 Å². The van der Waals surface area contributed by atoms with Crippen LogP contribution in [0.3, 0.4) is 0 Å². The molecule has 0 aliphatic heterocycles. The second kappa shape index (κ2) is 10.1. The first-order valence-corrected chi connectivity index (χ1v) is 11.4. The summed E-state index contributed by atoms with van der Waals surface area (Å²) in [5, 5.41) is 3.68. The topological polar surface area (TPSA) is 69.0 Å². The second-order valence-corrected chi connectivity index (χ2v) is 8.50. The number of methoxy groups -OCH3 is 1. The molecule has 0 amide bonds. The smallest absolute Gasteiger partial charge is 0.251 e. The van der Waals surface area contributed by atoms with Crippen molar-refractivity contribution in [3.63, 3.8) is 0 Å². The van der Waals surface area contributed by atoms with E-state index in [1.807, 2.05) is 16.8 Å². The van der Waals surface area contributed by atoms with Crippen LogP contribution < -0.4 is 15.6 Å². The summed E-state index contributed by atoms with van der Waals surface area (Å²) < 4.78 is 7.15. The lowest BCUT2D eigenvalue weighted by atomic mass is 9.84. The van der Waals surface area contributed by atoms with E-state index in [9.17, 15) is 4.79 Å². The van der Waals surface area contributed by atoms with Crippen LogP contribution in [-0.2, 0) is 19.5 Å². The molecule has 6 heteroatoms. The van der Waals surface area contributed by atoms with Gasteiger partial charge in [0.1, 0.15) is 5.75 Å². The first-order chi connectivity index (χ1) is 15.2. The number of hydrogen-bond donors (Lipinski definition) is 1. The molecule has 31 heavy (non-hydrogen) atoms. The van der Waals surface area contributed by atoms with Gasteiger partial charge in [-0.25, -0.2) is 0 Å². The Morgan fingerprint density at radius 1 is 1.10 bits per heavy atom. The molecule has 1 fully saturated rings. The quantitative estimate of drug-likeness (QED) is 0.594. The third-order valence-electron chi connectivity index (χ3n) is 6.52. The Balaban J connectivity index is 1.29. The molecule has 3 heterocycles. The number of nitrogens with zero attached hydrogens (tertiary/aromatic N) is 3. The van der Waals surface area contributed by atoms with E-state index >= 15 is 0 Å². The van der Waals surface area contributed by atoms with Gasteiger partial charge in [0.2, 0.25) is 0 Å². The number of rotatable bonds is 8. The van der Waals surface area contributed by atoms with Gasteiger partial charge in [-0.05, 0) is 62.1 Å². The van der Waals surface area contributed by atoms with Crippen molar-refractivity contribution in [2.75, 3.05) is 7.11 Å². The van der Waals surface area contributed by atoms with Crippen LogP contribution in [0.25, 0.3) is 11.0 Å². The number of aromatic nitrogens is 3. The Kier molecular flexibility index (Phi) is 6.97. The van der Waals surface area contributed by atoms with E-state index in [1.165, 1.54) is 31.2 Å². The lowest BCUT2D eigenvalue weighted by Crippen LogP contribution is -2.33. The average Bonchev–Trinajstić information content (AvgIpc) is 2.82. The summed E-state index contributed by atoms with van der Waals surface area (Å²) in [6.07, 6.45) is 10.5. The molecule has 0 radical (unpaired) electrons. The Morgan fingerprint density at radius 2 is 1.94 bits per heavy atom. The van der Waals surface area contributed by atoms with Crippen molar-refractivity contribution in [1.29, 1.82) is 0 Å². The Hall–Kier alpha value is -2.73. The highest BCUT2D eigenvalue weighted by atomic mass is 16.5. The molecule has 4 rings (SSSR count). The molecular weight excluding hydrogens is 388 g/mol. The molecule has 164 valence electrons. The van der Waals surface area contributed by atoms with Crippen LogP contribution >= 0.6 is 0 Å². The van der Waals surface area contributed by atoms with Crippen molar-refractivity contribution in [2.24, 2.45) is 5.92 Å². The highest BCUT2D eigenvalue weighted by molar-refractivity contribution is 5.75. The Labute approximate surface area is 183 Å². The molecule has 1 saturated carbocycles. The SMILES string of the molecule is CCc1ccc(CNC2CCC(CCn3c(=O)ccc4ncc(OC)cc43)CC2)nc1. The molecule has 1 N–H and O–H groups in total. The molecule has 3 aromatic rings. The molecule has 0 unspecified atom stereocenters. The van der Waals surface area contributed by atoms with E-state index in [0.717, 1.165) is 42.7 Å². The maximum Gasteiger partial charge on any atom is 0.251 e. The fourth-order valence-corrected chi connectivity index (χ4v) is 4.48. The minimum absolute atomic E-state index is 0.0273. The summed E-state index contributed by atoms with van der Waals surface area (Å²) in [6, 6.07) is 10.2. The van der Waals surface area contributed by atoms with Gasteiger partial charge >= 0.3 is 0 Å². The fourth-order valence-electron chi connectivity index (χ4n) is 4.48.